The highest BCUT2D eigenvalue weighted by molar-refractivity contribution is 6.07. The number of rotatable bonds is 6. The lowest BCUT2D eigenvalue weighted by atomic mass is 10.0. The van der Waals surface area contributed by atoms with Crippen molar-refractivity contribution in [2.45, 2.75) is 20.4 Å². The van der Waals surface area contributed by atoms with E-state index in [0.717, 1.165) is 0 Å². The number of non-ortho nitro benzene ring substituents is 1. The lowest BCUT2D eigenvalue weighted by molar-refractivity contribution is -0.383. The molecule has 8 heteroatoms. The van der Waals surface area contributed by atoms with Gasteiger partial charge in [-0.3, -0.25) is 19.7 Å². The second-order valence-corrected chi connectivity index (χ2v) is 7.20. The van der Waals surface area contributed by atoms with Crippen molar-refractivity contribution in [3.8, 4) is 11.3 Å². The average Bonchev–Trinajstić information content (AvgIpc) is 2.80. The third-order valence-corrected chi connectivity index (χ3v) is 5.21. The van der Waals surface area contributed by atoms with Gasteiger partial charge in [0.25, 0.3) is 11.2 Å². The van der Waals surface area contributed by atoms with Crippen LogP contribution in [-0.4, -0.2) is 20.5 Å². The molecule has 0 aliphatic heterocycles. The number of ketones is 1. The molecule has 3 aromatic carbocycles. The zero-order valence-electron chi connectivity index (χ0n) is 17.5. The summed E-state index contributed by atoms with van der Waals surface area (Å²) in [6, 6.07) is 19.0. The smallest absolute Gasteiger partial charge is 0.291 e. The maximum atomic E-state index is 13.2. The SMILES string of the molecule is CCn1nc(-c2ccccc2)c(C(C)=O)c(Nc2ccc([N+](=O)[O-])c3ccccc23)c1=O. The zero-order chi connectivity index (χ0) is 22.8. The van der Waals surface area contributed by atoms with Gasteiger partial charge in [-0.1, -0.05) is 48.5 Å². The number of hydrogen-bond acceptors (Lipinski definition) is 6. The van der Waals surface area contributed by atoms with Gasteiger partial charge in [-0.25, -0.2) is 4.68 Å². The maximum absolute atomic E-state index is 13.2. The van der Waals surface area contributed by atoms with Gasteiger partial charge in [-0.05, 0) is 26.0 Å². The van der Waals surface area contributed by atoms with Gasteiger partial charge in [0.1, 0.15) is 11.4 Å². The van der Waals surface area contributed by atoms with Crippen LogP contribution in [0.5, 0.6) is 0 Å². The third-order valence-electron chi connectivity index (χ3n) is 5.21. The van der Waals surface area contributed by atoms with Crippen molar-refractivity contribution >= 4 is 33.6 Å². The number of carbonyl (C=O) groups excluding carboxylic acids is 1. The fourth-order valence-corrected chi connectivity index (χ4v) is 3.73. The van der Waals surface area contributed by atoms with Crippen molar-refractivity contribution in [2.24, 2.45) is 0 Å². The Kier molecular flexibility index (Phi) is 5.51. The van der Waals surface area contributed by atoms with Crippen LogP contribution in [0, 0.1) is 10.1 Å². The van der Waals surface area contributed by atoms with E-state index in [4.69, 9.17) is 0 Å². The first-order chi connectivity index (χ1) is 15.4. The van der Waals surface area contributed by atoms with Gasteiger partial charge >= 0.3 is 0 Å². The number of nitrogens with zero attached hydrogens (tertiary/aromatic N) is 3. The number of nitro benzene ring substituents is 1. The van der Waals surface area contributed by atoms with Crippen LogP contribution in [0.25, 0.3) is 22.0 Å². The zero-order valence-corrected chi connectivity index (χ0v) is 17.5. The molecule has 0 aliphatic carbocycles. The van der Waals surface area contributed by atoms with E-state index in [1.807, 2.05) is 30.3 Å². The van der Waals surface area contributed by atoms with Crippen molar-refractivity contribution < 1.29 is 9.72 Å². The van der Waals surface area contributed by atoms with Crippen LogP contribution in [0.4, 0.5) is 17.1 Å². The van der Waals surface area contributed by atoms with E-state index in [9.17, 15) is 19.7 Å². The monoisotopic (exact) mass is 428 g/mol. The standard InChI is InChI=1S/C24H20N4O4/c1-3-27-24(30)23(21(15(2)29)22(26-27)16-9-5-4-6-10-16)25-19-13-14-20(28(31)32)18-12-8-7-11-17(18)19/h4-14,25H,3H2,1-2H3. The van der Waals surface area contributed by atoms with Gasteiger partial charge in [0.2, 0.25) is 0 Å². The van der Waals surface area contributed by atoms with Crippen LogP contribution in [0.1, 0.15) is 24.2 Å². The van der Waals surface area contributed by atoms with Gasteiger partial charge < -0.3 is 5.32 Å². The lowest BCUT2D eigenvalue weighted by Crippen LogP contribution is -2.28. The molecule has 4 rings (SSSR count). The van der Waals surface area contributed by atoms with Gasteiger partial charge in [0.15, 0.2) is 5.78 Å². The fraction of sp³-hybridized carbons (Fsp3) is 0.125. The molecule has 0 saturated carbocycles. The highest BCUT2D eigenvalue weighted by atomic mass is 16.6. The van der Waals surface area contributed by atoms with E-state index in [1.54, 1.807) is 37.3 Å². The van der Waals surface area contributed by atoms with E-state index < -0.39 is 10.5 Å². The molecule has 0 saturated heterocycles. The molecule has 8 nitrogen and oxygen atoms in total. The summed E-state index contributed by atoms with van der Waals surface area (Å²) in [6.07, 6.45) is 0. The van der Waals surface area contributed by atoms with Gasteiger partial charge in [0.05, 0.1) is 15.9 Å². The van der Waals surface area contributed by atoms with Crippen LogP contribution < -0.4 is 10.9 Å². The molecule has 0 unspecified atom stereocenters. The Bertz CT molecular complexity index is 1410. The van der Waals surface area contributed by atoms with Crippen LogP contribution >= 0.6 is 0 Å². The number of nitrogens with one attached hydrogen (secondary N) is 1. The minimum absolute atomic E-state index is 0.0383. The molecular formula is C24H20N4O4. The molecule has 1 N–H and O–H groups in total. The number of hydrogen-bond donors (Lipinski definition) is 1. The summed E-state index contributed by atoms with van der Waals surface area (Å²) in [5.41, 5.74) is 1.37. The predicted molar refractivity (Wildman–Crippen MR) is 123 cm³/mol. The van der Waals surface area contributed by atoms with Crippen LogP contribution in [0.3, 0.4) is 0 Å². The summed E-state index contributed by atoms with van der Waals surface area (Å²) in [7, 11) is 0. The van der Waals surface area contributed by atoms with Gasteiger partial charge in [-0.2, -0.15) is 5.10 Å². The largest absolute Gasteiger partial charge is 0.350 e. The van der Waals surface area contributed by atoms with Crippen molar-refractivity contribution in [3.05, 3.63) is 92.8 Å². The lowest BCUT2D eigenvalue weighted by Gasteiger charge is -2.17. The topological polar surface area (TPSA) is 107 Å². The number of aromatic nitrogens is 2. The molecular weight excluding hydrogens is 408 g/mol. The molecule has 0 bridgehead atoms. The number of aryl methyl sites for hydroxylation is 1. The minimum atomic E-state index is -0.447. The Morgan fingerprint density at radius 3 is 2.31 bits per heavy atom. The normalized spacial score (nSPS) is 10.8. The number of Topliss-reactive ketones (excluding diaryl/α,β-unsaturated/α-hetero) is 1. The van der Waals surface area contributed by atoms with Crippen LogP contribution in [0.2, 0.25) is 0 Å². The number of benzene rings is 3. The number of carbonyl (C=O) groups is 1. The summed E-state index contributed by atoms with van der Waals surface area (Å²) in [5, 5.41) is 20.0. The quantitative estimate of drug-likeness (QED) is 0.265. The summed E-state index contributed by atoms with van der Waals surface area (Å²) in [5.74, 6) is -0.314. The highest BCUT2D eigenvalue weighted by Crippen LogP contribution is 2.34. The Morgan fingerprint density at radius 2 is 1.69 bits per heavy atom. The van der Waals surface area contributed by atoms with Crippen molar-refractivity contribution in [1.82, 2.24) is 9.78 Å². The molecule has 160 valence electrons. The van der Waals surface area contributed by atoms with E-state index >= 15 is 0 Å². The second kappa shape index (κ2) is 8.43. The van der Waals surface area contributed by atoms with E-state index in [-0.39, 0.29) is 22.7 Å². The molecule has 0 spiro atoms. The van der Waals surface area contributed by atoms with Crippen molar-refractivity contribution in [2.75, 3.05) is 5.32 Å². The maximum Gasteiger partial charge on any atom is 0.291 e. The Morgan fingerprint density at radius 1 is 1.03 bits per heavy atom. The summed E-state index contributed by atoms with van der Waals surface area (Å²) in [6.45, 7) is 3.49. The molecule has 32 heavy (non-hydrogen) atoms. The molecule has 0 amide bonds. The number of fused-ring (bicyclic) bond motifs is 1. The third kappa shape index (κ3) is 3.62. The summed E-state index contributed by atoms with van der Waals surface area (Å²) < 4.78 is 1.30. The molecule has 1 heterocycles. The van der Waals surface area contributed by atoms with E-state index in [0.29, 0.717) is 34.3 Å². The molecule has 0 aliphatic rings. The first-order valence-corrected chi connectivity index (χ1v) is 10.1. The Labute approximate surface area is 183 Å². The molecule has 0 radical (unpaired) electrons. The van der Waals surface area contributed by atoms with Gasteiger partial charge in [-0.15, -0.1) is 0 Å². The fourth-order valence-electron chi connectivity index (χ4n) is 3.73. The summed E-state index contributed by atoms with van der Waals surface area (Å²) in [4.78, 5) is 36.9. The molecule has 1 aromatic heterocycles. The van der Waals surface area contributed by atoms with E-state index in [1.165, 1.54) is 17.7 Å². The molecule has 0 fully saturated rings. The first-order valence-electron chi connectivity index (χ1n) is 10.1. The Balaban J connectivity index is 1.99. The van der Waals surface area contributed by atoms with Crippen LogP contribution in [0.15, 0.2) is 71.5 Å². The molecule has 0 atom stereocenters. The highest BCUT2D eigenvalue weighted by Gasteiger charge is 2.23. The van der Waals surface area contributed by atoms with E-state index in [2.05, 4.69) is 10.4 Å². The molecule has 4 aromatic rings. The van der Waals surface area contributed by atoms with Crippen molar-refractivity contribution in [1.29, 1.82) is 0 Å². The first kappa shape index (κ1) is 20.9. The van der Waals surface area contributed by atoms with Crippen LogP contribution in [-0.2, 0) is 6.54 Å². The minimum Gasteiger partial charge on any atom is -0.350 e. The number of anilines is 2. The van der Waals surface area contributed by atoms with Gasteiger partial charge in [0, 0.05) is 29.2 Å². The van der Waals surface area contributed by atoms with Crippen molar-refractivity contribution in [3.63, 3.8) is 0 Å². The predicted octanol–water partition coefficient (Wildman–Crippen LogP) is 4.94. The summed E-state index contributed by atoms with van der Waals surface area (Å²) >= 11 is 0. The second-order valence-electron chi connectivity index (χ2n) is 7.20. The number of nitro groups is 1. The average molecular weight is 428 g/mol. The Hall–Kier alpha value is -4.33.